The van der Waals surface area contributed by atoms with E-state index in [1.54, 1.807) is 12.1 Å². The summed E-state index contributed by atoms with van der Waals surface area (Å²) in [5.41, 5.74) is 4.11. The van der Waals surface area contributed by atoms with E-state index in [1.807, 2.05) is 220 Å². The number of phenolic OH excluding ortho intramolecular Hbond substituents is 5. The summed E-state index contributed by atoms with van der Waals surface area (Å²) in [7, 11) is 0. The number of fused-ring (bicyclic) bond motifs is 6. The molecule has 1 aromatic heterocycles. The Morgan fingerprint density at radius 3 is 1.76 bits per heavy atom. The smallest absolute Gasteiger partial charge is 0.248 e. The van der Waals surface area contributed by atoms with Crippen LogP contribution < -0.4 is 0 Å². The van der Waals surface area contributed by atoms with E-state index in [9.17, 15) is 25.5 Å². The summed E-state index contributed by atoms with van der Waals surface area (Å²) in [5, 5.41) is 67.4. The number of aromatic hydroxyl groups is 5. The van der Waals surface area contributed by atoms with E-state index in [0.29, 0.717) is 22.2 Å². The van der Waals surface area contributed by atoms with E-state index >= 15 is 0 Å². The molecule has 0 saturated carbocycles. The zero-order chi connectivity index (χ0) is 48.8. The summed E-state index contributed by atoms with van der Waals surface area (Å²) in [5.74, 6) is -2.59. The van der Waals surface area contributed by atoms with E-state index in [-0.39, 0.29) is 44.8 Å². The van der Waals surface area contributed by atoms with Crippen LogP contribution >= 0.6 is 0 Å². The van der Waals surface area contributed by atoms with E-state index in [1.165, 1.54) is 4.57 Å². The van der Waals surface area contributed by atoms with E-state index in [2.05, 4.69) is 0 Å². The third-order valence-corrected chi connectivity index (χ3v) is 13.6. The van der Waals surface area contributed by atoms with Crippen molar-refractivity contribution < 1.29 is 34.7 Å². The number of nitrogens with zero attached hydrogens (tertiary/aromatic N) is 1. The molecule has 0 atom stereocenters. The van der Waals surface area contributed by atoms with E-state index < -0.39 is 22.7 Å². The lowest BCUT2D eigenvalue weighted by molar-refractivity contribution is 0.0876. The molecular weight excluding hydrogens is 883 g/mol. The SMILES string of the molecule is C/C=C\C=C/C1=Cc2c(c(O)c3c(ooc4c(O)c(-c5cc6ccccc6c6ccccc56)c(O)c(O)c4n3-c3ccc(C(/C=C\c4ccccc4)=C/C)cc3)c2O)C1(c1ccccc1)c1ccccc1. The van der Waals surface area contributed by atoms with Gasteiger partial charge >= 0.3 is 0 Å². The van der Waals surface area contributed by atoms with Crippen LogP contribution in [-0.2, 0) is 5.41 Å². The molecule has 71 heavy (non-hydrogen) atoms. The van der Waals surface area contributed by atoms with Crippen molar-refractivity contribution in [3.8, 4) is 45.6 Å². The van der Waals surface area contributed by atoms with Gasteiger partial charge < -0.3 is 25.5 Å². The molecule has 1 heterocycles. The predicted molar refractivity (Wildman–Crippen MR) is 286 cm³/mol. The quantitative estimate of drug-likeness (QED) is 0.0320. The van der Waals surface area contributed by atoms with Crippen LogP contribution in [0.2, 0.25) is 0 Å². The van der Waals surface area contributed by atoms with Crippen molar-refractivity contribution in [2.24, 2.45) is 0 Å². The van der Waals surface area contributed by atoms with Gasteiger partial charge in [0.1, 0.15) is 16.8 Å². The molecule has 9 aromatic carbocycles. The van der Waals surface area contributed by atoms with Crippen LogP contribution in [0.4, 0.5) is 0 Å². The first-order valence-electron chi connectivity index (χ1n) is 23.4. The van der Waals surface area contributed by atoms with Gasteiger partial charge in [-0.25, -0.2) is 0 Å². The molecule has 0 fully saturated rings. The molecule has 8 heteroatoms. The molecule has 11 rings (SSSR count). The standard InChI is InChI=1S/C63H47NO7/c1-3-5-9-27-45-38-51-53(63(45,43-23-12-7-13-24-43)44-25-14-8-15-26-44)59(68)54-61(56(51)65)70-71-62-55(64(54)46-35-33-41(34-36-46)40(4-2)32-31-39-20-10-6-11-21-39)60(69)57(66)52(58(62)67)50-37-42-22-16-17-28-47(42)48-29-18-19-30-49(48)50/h3-38,65-69H,1-2H3/b5-3-,27-9-,32-31-,40-4+. The molecule has 346 valence electrons. The minimum Gasteiger partial charge on any atom is -0.505 e. The van der Waals surface area contributed by atoms with Gasteiger partial charge in [0.25, 0.3) is 0 Å². The number of hydrogen-bond donors (Lipinski definition) is 5. The predicted octanol–water partition coefficient (Wildman–Crippen LogP) is 15.6. The highest BCUT2D eigenvalue weighted by Crippen LogP contribution is 2.60. The molecule has 1 aliphatic rings. The summed E-state index contributed by atoms with van der Waals surface area (Å²) >= 11 is 0. The van der Waals surface area contributed by atoms with Crippen LogP contribution in [0, 0.1) is 0 Å². The monoisotopic (exact) mass is 929 g/mol. The molecule has 10 aromatic rings. The van der Waals surface area contributed by atoms with Crippen molar-refractivity contribution in [1.82, 2.24) is 4.57 Å². The maximum atomic E-state index is 13.5. The van der Waals surface area contributed by atoms with Gasteiger partial charge in [0.2, 0.25) is 11.2 Å². The Hall–Kier alpha value is -9.40. The average molecular weight is 930 g/mol. The Kier molecular flexibility index (Phi) is 11.1. The largest absolute Gasteiger partial charge is 0.505 e. The molecule has 0 amide bonds. The molecule has 0 saturated heterocycles. The second-order valence-electron chi connectivity index (χ2n) is 17.5. The first kappa shape index (κ1) is 44.1. The van der Waals surface area contributed by atoms with Crippen LogP contribution in [0.15, 0.2) is 221 Å². The van der Waals surface area contributed by atoms with Crippen molar-refractivity contribution in [1.29, 1.82) is 0 Å². The molecule has 0 radical (unpaired) electrons. The fourth-order valence-electron chi connectivity index (χ4n) is 10.4. The minimum atomic E-state index is -1.22. The zero-order valence-corrected chi connectivity index (χ0v) is 38.8. The van der Waals surface area contributed by atoms with Crippen molar-refractivity contribution in [3.05, 3.63) is 245 Å². The first-order valence-corrected chi connectivity index (χ1v) is 23.4. The van der Waals surface area contributed by atoms with Gasteiger partial charge in [0, 0.05) is 16.8 Å². The summed E-state index contributed by atoms with van der Waals surface area (Å²) in [4.78, 5) is 0. The number of benzene rings is 9. The number of phenols is 5. The van der Waals surface area contributed by atoms with Gasteiger partial charge in [-0.05, 0) is 98.6 Å². The highest BCUT2D eigenvalue weighted by molar-refractivity contribution is 6.16. The Morgan fingerprint density at radius 1 is 0.535 bits per heavy atom. The Bertz CT molecular complexity index is 3880. The normalized spacial score (nSPS) is 13.6. The van der Waals surface area contributed by atoms with Crippen LogP contribution in [0.5, 0.6) is 28.7 Å². The second-order valence-corrected chi connectivity index (χ2v) is 17.5. The first-order chi connectivity index (χ1) is 34.8. The number of aromatic nitrogens is 1. The molecule has 0 spiro atoms. The lowest BCUT2D eigenvalue weighted by Crippen LogP contribution is -2.29. The van der Waals surface area contributed by atoms with E-state index in [4.69, 9.17) is 9.15 Å². The van der Waals surface area contributed by atoms with Gasteiger partial charge in [-0.15, -0.1) is 0 Å². The van der Waals surface area contributed by atoms with Crippen molar-refractivity contribution >= 4 is 61.5 Å². The average Bonchev–Trinajstić information content (AvgIpc) is 3.66. The molecule has 0 unspecified atom stereocenters. The van der Waals surface area contributed by atoms with Gasteiger partial charge in [0.15, 0.2) is 23.0 Å². The molecular formula is C63H47NO7. The Balaban J connectivity index is 1.27. The summed E-state index contributed by atoms with van der Waals surface area (Å²) in [6, 6.07) is 54.1. The van der Waals surface area contributed by atoms with Crippen molar-refractivity contribution in [3.63, 3.8) is 0 Å². The molecule has 1 aliphatic carbocycles. The Labute approximate surface area is 409 Å². The summed E-state index contributed by atoms with van der Waals surface area (Å²) < 4.78 is 13.8. The number of allylic oxidation sites excluding steroid dienone is 8. The fourth-order valence-corrected chi connectivity index (χ4v) is 10.4. The van der Waals surface area contributed by atoms with Gasteiger partial charge in [-0.3, -0.25) is 13.7 Å². The number of rotatable bonds is 9. The van der Waals surface area contributed by atoms with E-state index in [0.717, 1.165) is 49.6 Å². The maximum Gasteiger partial charge on any atom is 0.248 e. The lowest BCUT2D eigenvalue weighted by atomic mass is 9.66. The fraction of sp³-hybridized carbons (Fsp3) is 0.0476. The minimum absolute atomic E-state index is 0.111. The molecule has 0 aliphatic heterocycles. The molecule has 0 bridgehead atoms. The van der Waals surface area contributed by atoms with Crippen LogP contribution in [0.25, 0.3) is 78.3 Å². The lowest BCUT2D eigenvalue weighted by Gasteiger charge is -2.35. The summed E-state index contributed by atoms with van der Waals surface area (Å²) in [6.45, 7) is 3.88. The third-order valence-electron chi connectivity index (χ3n) is 13.6. The van der Waals surface area contributed by atoms with Crippen molar-refractivity contribution in [2.45, 2.75) is 19.3 Å². The maximum absolute atomic E-state index is 13.5. The molecule has 8 nitrogen and oxygen atoms in total. The summed E-state index contributed by atoms with van der Waals surface area (Å²) in [6.07, 6.45) is 15.6. The molecule has 5 N–H and O–H groups in total. The zero-order valence-electron chi connectivity index (χ0n) is 38.8. The van der Waals surface area contributed by atoms with Gasteiger partial charge in [-0.2, -0.15) is 0 Å². The topological polar surface area (TPSA) is 132 Å². The van der Waals surface area contributed by atoms with Crippen molar-refractivity contribution in [2.75, 3.05) is 0 Å². The van der Waals surface area contributed by atoms with Gasteiger partial charge in [0.05, 0.1) is 11.0 Å². The van der Waals surface area contributed by atoms with Crippen LogP contribution in [0.1, 0.15) is 47.2 Å². The highest BCUT2D eigenvalue weighted by Gasteiger charge is 2.48. The van der Waals surface area contributed by atoms with Crippen LogP contribution in [-0.4, -0.2) is 30.1 Å². The number of hydrogen-bond acceptors (Lipinski definition) is 7. The van der Waals surface area contributed by atoms with Gasteiger partial charge in [-0.1, -0.05) is 194 Å². The second kappa shape index (κ2) is 17.9. The van der Waals surface area contributed by atoms with Crippen LogP contribution in [0.3, 0.4) is 0 Å². The third kappa shape index (κ3) is 7.07. The highest BCUT2D eigenvalue weighted by atomic mass is 17.0. The Morgan fingerprint density at radius 2 is 1.11 bits per heavy atom.